The molecule has 0 spiro atoms. The Hall–Kier alpha value is -0.490. The van der Waals surface area contributed by atoms with Gasteiger partial charge in [0.15, 0.2) is 0 Å². The smallest absolute Gasteiger partial charge is 0.0408 e. The van der Waals surface area contributed by atoms with Crippen molar-refractivity contribution in [1.29, 1.82) is 0 Å². The van der Waals surface area contributed by atoms with Crippen LogP contribution in [0, 0.1) is 16.7 Å². The molecule has 0 radical (unpaired) electrons. The Kier molecular flexibility index (Phi) is 5.50. The van der Waals surface area contributed by atoms with Gasteiger partial charge in [0, 0.05) is 5.02 Å². The number of hydrogen-bond donors (Lipinski definition) is 0. The molecule has 0 heterocycles. The van der Waals surface area contributed by atoms with Crippen molar-refractivity contribution in [1.82, 2.24) is 0 Å². The van der Waals surface area contributed by atoms with Crippen LogP contribution in [-0.2, 0) is 6.42 Å². The Balaban J connectivity index is 2.76. The van der Waals surface area contributed by atoms with Crippen LogP contribution in [0.3, 0.4) is 0 Å². The standard InChI is InChI=1S/C18H29Cl/c1-17(2,3)11-10-15(18(4,5)6)12-14-8-7-9-16(19)13-14/h7-9,13,15H,10-12H2,1-6H3/t15-/m0/s1. The Morgan fingerprint density at radius 1 is 1.05 bits per heavy atom. The summed E-state index contributed by atoms with van der Waals surface area (Å²) in [6, 6.07) is 8.31. The van der Waals surface area contributed by atoms with E-state index in [1.807, 2.05) is 6.07 Å². The Morgan fingerprint density at radius 2 is 1.68 bits per heavy atom. The molecule has 0 nitrogen and oxygen atoms in total. The lowest BCUT2D eigenvalue weighted by molar-refractivity contribution is 0.195. The van der Waals surface area contributed by atoms with E-state index in [0.29, 0.717) is 16.7 Å². The van der Waals surface area contributed by atoms with E-state index in [-0.39, 0.29) is 0 Å². The molecule has 0 aliphatic rings. The summed E-state index contributed by atoms with van der Waals surface area (Å²) in [5.74, 6) is 0.699. The predicted molar refractivity (Wildman–Crippen MR) is 86.8 cm³/mol. The van der Waals surface area contributed by atoms with Gasteiger partial charge in [-0.05, 0) is 53.7 Å². The van der Waals surface area contributed by atoms with Gasteiger partial charge in [0.1, 0.15) is 0 Å². The number of rotatable bonds is 4. The Labute approximate surface area is 124 Å². The summed E-state index contributed by atoms with van der Waals surface area (Å²) in [5, 5.41) is 0.848. The lowest BCUT2D eigenvalue weighted by atomic mass is 9.72. The van der Waals surface area contributed by atoms with Crippen molar-refractivity contribution >= 4 is 11.6 Å². The van der Waals surface area contributed by atoms with E-state index in [1.54, 1.807) is 0 Å². The molecule has 0 bridgehead atoms. The van der Waals surface area contributed by atoms with Crippen LogP contribution in [0.25, 0.3) is 0 Å². The van der Waals surface area contributed by atoms with Gasteiger partial charge in [-0.1, -0.05) is 65.3 Å². The number of benzene rings is 1. The van der Waals surface area contributed by atoms with Crippen LogP contribution in [0.1, 0.15) is 59.9 Å². The second-order valence-corrected chi connectivity index (χ2v) is 8.43. The zero-order valence-electron chi connectivity index (χ0n) is 13.4. The van der Waals surface area contributed by atoms with Gasteiger partial charge in [0.25, 0.3) is 0 Å². The maximum absolute atomic E-state index is 6.09. The normalized spacial score (nSPS) is 14.5. The third-order valence-corrected chi connectivity index (χ3v) is 4.07. The van der Waals surface area contributed by atoms with Crippen molar-refractivity contribution in [2.24, 2.45) is 16.7 Å². The molecule has 19 heavy (non-hydrogen) atoms. The minimum absolute atomic E-state index is 0.341. The molecule has 0 amide bonds. The third kappa shape index (κ3) is 6.47. The monoisotopic (exact) mass is 280 g/mol. The van der Waals surface area contributed by atoms with Crippen molar-refractivity contribution in [3.05, 3.63) is 34.9 Å². The fraction of sp³-hybridized carbons (Fsp3) is 0.667. The number of hydrogen-bond acceptors (Lipinski definition) is 0. The first-order valence-electron chi connectivity index (χ1n) is 7.32. The van der Waals surface area contributed by atoms with E-state index in [9.17, 15) is 0 Å². The lowest BCUT2D eigenvalue weighted by Gasteiger charge is -2.33. The van der Waals surface area contributed by atoms with Gasteiger partial charge in [0.2, 0.25) is 0 Å². The van der Waals surface area contributed by atoms with E-state index in [2.05, 4.69) is 59.7 Å². The van der Waals surface area contributed by atoms with Crippen LogP contribution in [0.5, 0.6) is 0 Å². The van der Waals surface area contributed by atoms with Crippen LogP contribution in [0.15, 0.2) is 24.3 Å². The summed E-state index contributed by atoms with van der Waals surface area (Å²) < 4.78 is 0. The molecule has 0 aliphatic carbocycles. The predicted octanol–water partition coefficient (Wildman–Crippen LogP) is 6.37. The van der Waals surface area contributed by atoms with Crippen LogP contribution in [0.2, 0.25) is 5.02 Å². The molecular weight excluding hydrogens is 252 g/mol. The molecule has 0 aromatic heterocycles. The van der Waals surface area contributed by atoms with Crippen LogP contribution >= 0.6 is 11.6 Å². The minimum atomic E-state index is 0.341. The summed E-state index contributed by atoms with van der Waals surface area (Å²) in [6.45, 7) is 14.0. The molecule has 0 unspecified atom stereocenters. The molecule has 1 aromatic carbocycles. The molecule has 0 saturated carbocycles. The number of halogens is 1. The molecule has 1 aromatic rings. The van der Waals surface area contributed by atoms with Crippen LogP contribution in [0.4, 0.5) is 0 Å². The largest absolute Gasteiger partial charge is 0.0843 e. The van der Waals surface area contributed by atoms with Crippen molar-refractivity contribution in [3.63, 3.8) is 0 Å². The fourth-order valence-electron chi connectivity index (χ4n) is 2.40. The van der Waals surface area contributed by atoms with Gasteiger partial charge in [0.05, 0.1) is 0 Å². The maximum Gasteiger partial charge on any atom is 0.0408 e. The lowest BCUT2D eigenvalue weighted by Crippen LogP contribution is -2.24. The van der Waals surface area contributed by atoms with Crippen LogP contribution in [-0.4, -0.2) is 0 Å². The molecule has 1 rings (SSSR count). The second kappa shape index (κ2) is 6.31. The molecular formula is C18H29Cl. The van der Waals surface area contributed by atoms with E-state index >= 15 is 0 Å². The first kappa shape index (κ1) is 16.6. The van der Waals surface area contributed by atoms with Gasteiger partial charge in [-0.25, -0.2) is 0 Å². The SMILES string of the molecule is CC(C)(C)CC[C@@H](Cc1cccc(Cl)c1)C(C)(C)C. The molecule has 0 N–H and O–H groups in total. The summed E-state index contributed by atoms with van der Waals surface area (Å²) >= 11 is 6.09. The summed E-state index contributed by atoms with van der Waals surface area (Å²) in [4.78, 5) is 0. The Bertz CT molecular complexity index is 393. The van der Waals surface area contributed by atoms with E-state index in [4.69, 9.17) is 11.6 Å². The quantitative estimate of drug-likeness (QED) is 0.601. The highest BCUT2D eigenvalue weighted by molar-refractivity contribution is 6.30. The summed E-state index contributed by atoms with van der Waals surface area (Å²) in [6.07, 6.45) is 3.68. The zero-order valence-corrected chi connectivity index (χ0v) is 14.1. The highest BCUT2D eigenvalue weighted by atomic mass is 35.5. The molecule has 0 aliphatic heterocycles. The van der Waals surface area contributed by atoms with Gasteiger partial charge in [-0.2, -0.15) is 0 Å². The van der Waals surface area contributed by atoms with E-state index < -0.39 is 0 Å². The second-order valence-electron chi connectivity index (χ2n) is 8.00. The summed E-state index contributed by atoms with van der Waals surface area (Å²) in [5.41, 5.74) is 2.12. The van der Waals surface area contributed by atoms with Crippen molar-refractivity contribution in [2.45, 2.75) is 60.8 Å². The third-order valence-electron chi connectivity index (χ3n) is 3.84. The van der Waals surface area contributed by atoms with E-state index in [0.717, 1.165) is 11.4 Å². The highest BCUT2D eigenvalue weighted by Gasteiger charge is 2.26. The minimum Gasteiger partial charge on any atom is -0.0843 e. The molecule has 108 valence electrons. The van der Waals surface area contributed by atoms with E-state index in [1.165, 1.54) is 18.4 Å². The zero-order chi connectivity index (χ0) is 14.7. The van der Waals surface area contributed by atoms with Gasteiger partial charge < -0.3 is 0 Å². The van der Waals surface area contributed by atoms with Gasteiger partial charge >= 0.3 is 0 Å². The van der Waals surface area contributed by atoms with Crippen molar-refractivity contribution in [2.75, 3.05) is 0 Å². The van der Waals surface area contributed by atoms with Gasteiger partial charge in [-0.3, -0.25) is 0 Å². The molecule has 0 saturated heterocycles. The first-order chi connectivity index (χ1) is 8.58. The maximum atomic E-state index is 6.09. The summed E-state index contributed by atoms with van der Waals surface area (Å²) in [7, 11) is 0. The first-order valence-corrected chi connectivity index (χ1v) is 7.70. The van der Waals surface area contributed by atoms with Crippen molar-refractivity contribution in [3.8, 4) is 0 Å². The molecule has 0 fully saturated rings. The van der Waals surface area contributed by atoms with Crippen molar-refractivity contribution < 1.29 is 0 Å². The highest BCUT2D eigenvalue weighted by Crippen LogP contribution is 2.36. The van der Waals surface area contributed by atoms with Crippen LogP contribution < -0.4 is 0 Å². The fourth-order valence-corrected chi connectivity index (χ4v) is 2.61. The topological polar surface area (TPSA) is 0 Å². The molecule has 1 heteroatoms. The average Bonchev–Trinajstić information content (AvgIpc) is 2.21. The molecule has 1 atom stereocenters. The average molecular weight is 281 g/mol. The van der Waals surface area contributed by atoms with Gasteiger partial charge in [-0.15, -0.1) is 0 Å². The Morgan fingerprint density at radius 3 is 2.16 bits per heavy atom.